The predicted octanol–water partition coefficient (Wildman–Crippen LogP) is 3.78. The minimum atomic E-state index is 0.0340. The van der Waals surface area contributed by atoms with Crippen molar-refractivity contribution in [3.8, 4) is 5.88 Å². The number of aromatic nitrogens is 3. The lowest BCUT2D eigenvalue weighted by atomic mass is 10.1. The van der Waals surface area contributed by atoms with E-state index >= 15 is 0 Å². The van der Waals surface area contributed by atoms with E-state index < -0.39 is 0 Å². The Hall–Kier alpha value is -2.42. The SMILES string of the molecule is Cc1nc2sc([C@@H](c3cccs3)N3CCN(c4ccccc4)CC3)c(O)n2n1. The highest BCUT2D eigenvalue weighted by Crippen LogP contribution is 2.41. The molecule has 0 unspecified atom stereocenters. The number of hydrogen-bond acceptors (Lipinski definition) is 7. The number of hydrogen-bond donors (Lipinski definition) is 1. The molecule has 8 heteroatoms. The number of thiophene rings is 1. The summed E-state index contributed by atoms with van der Waals surface area (Å²) in [5, 5.41) is 17.3. The van der Waals surface area contributed by atoms with Crippen LogP contribution in [0.25, 0.3) is 4.96 Å². The van der Waals surface area contributed by atoms with Crippen LogP contribution in [0.5, 0.6) is 5.88 Å². The molecule has 6 nitrogen and oxygen atoms in total. The molecule has 1 saturated heterocycles. The minimum Gasteiger partial charge on any atom is -0.492 e. The summed E-state index contributed by atoms with van der Waals surface area (Å²) in [5.41, 5.74) is 1.27. The quantitative estimate of drug-likeness (QED) is 0.554. The molecule has 4 heterocycles. The van der Waals surface area contributed by atoms with Gasteiger partial charge >= 0.3 is 0 Å². The number of piperazine rings is 1. The van der Waals surface area contributed by atoms with Crippen LogP contribution in [0.2, 0.25) is 0 Å². The second kappa shape index (κ2) is 7.20. The van der Waals surface area contributed by atoms with E-state index in [4.69, 9.17) is 0 Å². The normalized spacial score (nSPS) is 16.7. The monoisotopic (exact) mass is 411 g/mol. The molecule has 144 valence electrons. The molecule has 0 aliphatic carbocycles. The molecule has 1 atom stereocenters. The Morgan fingerprint density at radius 1 is 1.04 bits per heavy atom. The maximum absolute atomic E-state index is 10.9. The van der Waals surface area contributed by atoms with Crippen LogP contribution < -0.4 is 4.90 Å². The number of aromatic hydroxyl groups is 1. The Labute approximate surface area is 171 Å². The van der Waals surface area contributed by atoms with Crippen LogP contribution in [0.15, 0.2) is 47.8 Å². The van der Waals surface area contributed by atoms with Gasteiger partial charge in [-0.2, -0.15) is 4.52 Å². The number of rotatable bonds is 4. The number of para-hydroxylation sites is 1. The van der Waals surface area contributed by atoms with E-state index in [1.54, 1.807) is 15.9 Å². The van der Waals surface area contributed by atoms with Gasteiger partial charge in [-0.1, -0.05) is 35.6 Å². The fourth-order valence-electron chi connectivity index (χ4n) is 3.83. The Bertz CT molecular complexity index is 1070. The van der Waals surface area contributed by atoms with Gasteiger partial charge in [0.1, 0.15) is 5.82 Å². The molecule has 5 rings (SSSR count). The molecule has 1 aliphatic rings. The second-order valence-electron chi connectivity index (χ2n) is 6.92. The zero-order chi connectivity index (χ0) is 19.1. The minimum absolute atomic E-state index is 0.0340. The van der Waals surface area contributed by atoms with Crippen LogP contribution in [0.1, 0.15) is 21.6 Å². The van der Waals surface area contributed by atoms with Gasteiger partial charge in [-0.3, -0.25) is 4.90 Å². The lowest BCUT2D eigenvalue weighted by molar-refractivity contribution is 0.213. The summed E-state index contributed by atoms with van der Waals surface area (Å²) < 4.78 is 1.57. The van der Waals surface area contributed by atoms with E-state index in [1.807, 2.05) is 6.92 Å². The third kappa shape index (κ3) is 3.07. The van der Waals surface area contributed by atoms with E-state index in [9.17, 15) is 5.11 Å². The van der Waals surface area contributed by atoms with Crippen molar-refractivity contribution in [1.29, 1.82) is 0 Å². The van der Waals surface area contributed by atoms with Crippen molar-refractivity contribution in [3.05, 3.63) is 63.4 Å². The first-order valence-corrected chi connectivity index (χ1v) is 11.0. The fraction of sp³-hybridized carbons (Fsp3) is 0.300. The average Bonchev–Trinajstić information content (AvgIpc) is 3.43. The molecule has 3 aromatic heterocycles. The standard InChI is InChI=1S/C20H21N5OS2/c1-14-21-20-25(22-14)19(26)18(28-20)17(16-8-5-13-27-16)24-11-9-23(10-12-24)15-6-3-2-4-7-15/h2-8,13,17,26H,9-12H2,1H3/t17-/m1/s1. The van der Waals surface area contributed by atoms with Crippen molar-refractivity contribution in [3.63, 3.8) is 0 Å². The predicted molar refractivity (Wildman–Crippen MR) is 114 cm³/mol. The van der Waals surface area contributed by atoms with Gasteiger partial charge in [0.15, 0.2) is 0 Å². The van der Waals surface area contributed by atoms with Gasteiger partial charge in [-0.25, -0.2) is 4.98 Å². The van der Waals surface area contributed by atoms with Crippen LogP contribution >= 0.6 is 22.7 Å². The Morgan fingerprint density at radius 3 is 2.50 bits per heavy atom. The van der Waals surface area contributed by atoms with Crippen LogP contribution in [-0.2, 0) is 0 Å². The highest BCUT2D eigenvalue weighted by Gasteiger charge is 2.32. The van der Waals surface area contributed by atoms with Crippen LogP contribution in [0.3, 0.4) is 0 Å². The maximum atomic E-state index is 10.9. The first-order chi connectivity index (χ1) is 13.7. The largest absolute Gasteiger partial charge is 0.492 e. The summed E-state index contributed by atoms with van der Waals surface area (Å²) in [4.78, 5) is 12.2. The van der Waals surface area contributed by atoms with Crippen molar-refractivity contribution in [2.75, 3.05) is 31.1 Å². The summed E-state index contributed by atoms with van der Waals surface area (Å²) >= 11 is 3.26. The van der Waals surface area contributed by atoms with Crippen LogP contribution in [0.4, 0.5) is 5.69 Å². The number of anilines is 1. The maximum Gasteiger partial charge on any atom is 0.230 e. The van der Waals surface area contributed by atoms with Crippen molar-refractivity contribution in [2.24, 2.45) is 0 Å². The molecule has 1 N–H and O–H groups in total. The fourth-order valence-corrected chi connectivity index (χ4v) is 5.92. The number of fused-ring (bicyclic) bond motifs is 1. The van der Waals surface area contributed by atoms with E-state index in [0.29, 0.717) is 5.82 Å². The van der Waals surface area contributed by atoms with Gasteiger partial charge in [0.05, 0.1) is 10.9 Å². The van der Waals surface area contributed by atoms with Gasteiger partial charge in [0, 0.05) is 36.7 Å². The smallest absolute Gasteiger partial charge is 0.230 e. The van der Waals surface area contributed by atoms with Crippen molar-refractivity contribution in [2.45, 2.75) is 13.0 Å². The summed E-state index contributed by atoms with van der Waals surface area (Å²) in [7, 11) is 0. The number of nitrogens with zero attached hydrogens (tertiary/aromatic N) is 5. The summed E-state index contributed by atoms with van der Waals surface area (Å²) in [6.07, 6.45) is 0. The molecular weight excluding hydrogens is 390 g/mol. The molecular formula is C20H21N5OS2. The molecule has 0 saturated carbocycles. The Kier molecular flexibility index (Phi) is 4.54. The molecule has 0 amide bonds. The topological polar surface area (TPSA) is 56.9 Å². The highest BCUT2D eigenvalue weighted by atomic mass is 32.1. The Morgan fingerprint density at radius 2 is 1.82 bits per heavy atom. The molecule has 1 aliphatic heterocycles. The molecule has 28 heavy (non-hydrogen) atoms. The van der Waals surface area contributed by atoms with Gasteiger partial charge in [-0.15, -0.1) is 16.4 Å². The summed E-state index contributed by atoms with van der Waals surface area (Å²) in [6, 6.07) is 14.8. The van der Waals surface area contributed by atoms with E-state index in [-0.39, 0.29) is 11.9 Å². The van der Waals surface area contributed by atoms with Gasteiger partial charge < -0.3 is 10.0 Å². The van der Waals surface area contributed by atoms with Crippen molar-refractivity contribution >= 4 is 33.3 Å². The number of thiazole rings is 1. The number of aryl methyl sites for hydroxylation is 1. The van der Waals surface area contributed by atoms with Crippen molar-refractivity contribution < 1.29 is 5.11 Å². The van der Waals surface area contributed by atoms with Crippen LogP contribution in [0, 0.1) is 6.92 Å². The first-order valence-electron chi connectivity index (χ1n) is 9.33. The molecule has 4 aromatic rings. The first kappa shape index (κ1) is 17.7. The third-order valence-electron chi connectivity index (χ3n) is 5.17. The molecule has 0 spiro atoms. The average molecular weight is 412 g/mol. The summed E-state index contributed by atoms with van der Waals surface area (Å²) in [5.74, 6) is 0.890. The molecule has 0 bridgehead atoms. The molecule has 1 aromatic carbocycles. The summed E-state index contributed by atoms with van der Waals surface area (Å²) in [6.45, 7) is 5.64. The highest BCUT2D eigenvalue weighted by molar-refractivity contribution is 7.17. The van der Waals surface area contributed by atoms with E-state index in [2.05, 4.69) is 67.7 Å². The van der Waals surface area contributed by atoms with Crippen LogP contribution in [-0.4, -0.2) is 50.8 Å². The lowest BCUT2D eigenvalue weighted by Gasteiger charge is -2.39. The molecule has 0 radical (unpaired) electrons. The lowest BCUT2D eigenvalue weighted by Crippen LogP contribution is -2.47. The van der Waals surface area contributed by atoms with E-state index in [0.717, 1.165) is 36.0 Å². The zero-order valence-electron chi connectivity index (χ0n) is 15.5. The zero-order valence-corrected chi connectivity index (χ0v) is 17.2. The van der Waals surface area contributed by atoms with Crippen molar-refractivity contribution in [1.82, 2.24) is 19.5 Å². The number of benzene rings is 1. The van der Waals surface area contributed by atoms with Gasteiger partial charge in [0.2, 0.25) is 10.8 Å². The third-order valence-corrected chi connectivity index (χ3v) is 7.16. The molecule has 1 fully saturated rings. The Balaban J connectivity index is 1.45. The van der Waals surface area contributed by atoms with E-state index in [1.165, 1.54) is 21.9 Å². The van der Waals surface area contributed by atoms with Gasteiger partial charge in [-0.05, 0) is 30.5 Å². The second-order valence-corrected chi connectivity index (χ2v) is 8.91. The van der Waals surface area contributed by atoms with Gasteiger partial charge in [0.25, 0.3) is 0 Å².